The van der Waals surface area contributed by atoms with E-state index in [2.05, 4.69) is 27.1 Å². The molecule has 0 radical (unpaired) electrons. The largest absolute Gasteiger partial charge is 0.372 e. The van der Waals surface area contributed by atoms with Crippen LogP contribution in [0.25, 0.3) is 0 Å². The normalized spacial score (nSPS) is 16.9. The molecule has 2 heterocycles. The van der Waals surface area contributed by atoms with Crippen LogP contribution in [0.5, 0.6) is 0 Å². The topological polar surface area (TPSA) is 78.5 Å². The molecule has 2 aliphatic rings. The van der Waals surface area contributed by atoms with Crippen LogP contribution in [0.1, 0.15) is 30.4 Å². The van der Waals surface area contributed by atoms with E-state index >= 15 is 0 Å². The number of nitrogens with one attached hydrogen (secondary N) is 2. The predicted molar refractivity (Wildman–Crippen MR) is 105 cm³/mol. The highest BCUT2D eigenvalue weighted by Crippen LogP contribution is 2.25. The molecule has 2 aromatic carbocycles. The maximum absolute atomic E-state index is 12.6. The third kappa shape index (κ3) is 3.99. The molecule has 4 rings (SSSR count). The van der Waals surface area contributed by atoms with Gasteiger partial charge in [0, 0.05) is 37.4 Å². The lowest BCUT2D eigenvalue weighted by atomic mass is 10.0. The average Bonchev–Trinajstić information content (AvgIpc) is 3.21. The Bertz CT molecular complexity index is 949. The Hall–Kier alpha value is -2.38. The van der Waals surface area contributed by atoms with Crippen molar-refractivity contribution in [2.24, 2.45) is 0 Å². The second-order valence-corrected chi connectivity index (χ2v) is 8.82. The molecular formula is C20H23N3O3S. The first kappa shape index (κ1) is 18.0. The van der Waals surface area contributed by atoms with Crippen molar-refractivity contribution in [2.75, 3.05) is 23.3 Å². The Morgan fingerprint density at radius 3 is 2.48 bits per heavy atom. The number of anilines is 2. The summed E-state index contributed by atoms with van der Waals surface area (Å²) in [4.78, 5) is 14.0. The number of rotatable bonds is 5. The van der Waals surface area contributed by atoms with Gasteiger partial charge in [0.1, 0.15) is 0 Å². The van der Waals surface area contributed by atoms with Gasteiger partial charge in [-0.15, -0.1) is 0 Å². The van der Waals surface area contributed by atoms with Crippen molar-refractivity contribution in [1.82, 2.24) is 4.72 Å². The molecule has 2 aliphatic heterocycles. The molecule has 1 saturated heterocycles. The van der Waals surface area contributed by atoms with E-state index in [-0.39, 0.29) is 17.3 Å². The van der Waals surface area contributed by atoms with E-state index in [1.165, 1.54) is 24.6 Å². The summed E-state index contributed by atoms with van der Waals surface area (Å²) in [5, 5.41) is 2.77. The van der Waals surface area contributed by atoms with Crippen molar-refractivity contribution >= 4 is 27.3 Å². The first-order valence-electron chi connectivity index (χ1n) is 9.28. The highest BCUT2D eigenvalue weighted by atomic mass is 32.2. The Morgan fingerprint density at radius 2 is 1.74 bits per heavy atom. The summed E-state index contributed by atoms with van der Waals surface area (Å²) in [5.41, 5.74) is 3.66. The molecule has 0 aromatic heterocycles. The summed E-state index contributed by atoms with van der Waals surface area (Å²) in [6.07, 6.45) is 3.40. The maximum atomic E-state index is 12.6. The number of sulfonamides is 1. The van der Waals surface area contributed by atoms with Gasteiger partial charge in [-0.25, -0.2) is 13.1 Å². The molecule has 0 bridgehead atoms. The highest BCUT2D eigenvalue weighted by Gasteiger charge is 2.20. The summed E-state index contributed by atoms with van der Waals surface area (Å²) < 4.78 is 27.9. The van der Waals surface area contributed by atoms with Gasteiger partial charge in [-0.3, -0.25) is 4.79 Å². The molecule has 27 heavy (non-hydrogen) atoms. The summed E-state index contributed by atoms with van der Waals surface area (Å²) in [5.74, 6) is -0.0337. The number of carbonyl (C=O) groups is 1. The number of amides is 1. The number of carbonyl (C=O) groups excluding carboxylic acids is 1. The molecule has 1 fully saturated rings. The van der Waals surface area contributed by atoms with E-state index in [0.717, 1.165) is 24.2 Å². The number of hydrogen-bond acceptors (Lipinski definition) is 4. The molecule has 0 aliphatic carbocycles. The Labute approximate surface area is 159 Å². The molecule has 7 heteroatoms. The molecular weight excluding hydrogens is 362 g/mol. The lowest BCUT2D eigenvalue weighted by molar-refractivity contribution is -0.116. The lowest BCUT2D eigenvalue weighted by Gasteiger charge is -2.18. The van der Waals surface area contributed by atoms with Crippen molar-refractivity contribution in [3.8, 4) is 0 Å². The van der Waals surface area contributed by atoms with E-state index in [4.69, 9.17) is 0 Å². The van der Waals surface area contributed by atoms with Gasteiger partial charge in [-0.2, -0.15) is 0 Å². The van der Waals surface area contributed by atoms with Crippen molar-refractivity contribution < 1.29 is 13.2 Å². The van der Waals surface area contributed by atoms with Crippen molar-refractivity contribution in [3.05, 3.63) is 53.6 Å². The molecule has 0 atom stereocenters. The molecule has 2 aromatic rings. The van der Waals surface area contributed by atoms with Gasteiger partial charge in [0.05, 0.1) is 4.90 Å². The van der Waals surface area contributed by atoms with Crippen LogP contribution in [0.3, 0.4) is 0 Å². The zero-order valence-corrected chi connectivity index (χ0v) is 15.9. The summed E-state index contributed by atoms with van der Waals surface area (Å²) in [6.45, 7) is 2.42. The van der Waals surface area contributed by atoms with Crippen LogP contribution < -0.4 is 14.9 Å². The number of aryl methyl sites for hydroxylation is 1. The minimum absolute atomic E-state index is 0.0337. The molecule has 142 valence electrons. The summed E-state index contributed by atoms with van der Waals surface area (Å²) >= 11 is 0. The van der Waals surface area contributed by atoms with E-state index in [0.29, 0.717) is 18.5 Å². The lowest BCUT2D eigenvalue weighted by Crippen LogP contribution is -2.24. The van der Waals surface area contributed by atoms with E-state index in [9.17, 15) is 13.2 Å². The summed E-state index contributed by atoms with van der Waals surface area (Å²) in [6, 6.07) is 12.9. The number of fused-ring (bicyclic) bond motifs is 1. The van der Waals surface area contributed by atoms with Crippen LogP contribution in [0.2, 0.25) is 0 Å². The van der Waals surface area contributed by atoms with Crippen LogP contribution in [-0.2, 0) is 27.8 Å². The fourth-order valence-electron chi connectivity index (χ4n) is 3.59. The SMILES string of the molecule is O=C1CCc2cc(S(=O)(=O)NCc3ccc(N4CCCC4)cc3)ccc2N1. The van der Waals surface area contributed by atoms with Crippen molar-refractivity contribution in [1.29, 1.82) is 0 Å². The molecule has 0 unspecified atom stereocenters. The van der Waals surface area contributed by atoms with Gasteiger partial charge in [-0.05, 0) is 60.7 Å². The second-order valence-electron chi connectivity index (χ2n) is 7.05. The third-order valence-electron chi connectivity index (χ3n) is 5.16. The number of benzene rings is 2. The van der Waals surface area contributed by atoms with Gasteiger partial charge in [0.2, 0.25) is 15.9 Å². The van der Waals surface area contributed by atoms with E-state index in [1.807, 2.05) is 12.1 Å². The monoisotopic (exact) mass is 385 g/mol. The van der Waals surface area contributed by atoms with Gasteiger partial charge < -0.3 is 10.2 Å². The fraction of sp³-hybridized carbons (Fsp3) is 0.350. The fourth-order valence-corrected chi connectivity index (χ4v) is 4.66. The first-order valence-corrected chi connectivity index (χ1v) is 10.8. The molecule has 0 spiro atoms. The highest BCUT2D eigenvalue weighted by molar-refractivity contribution is 7.89. The van der Waals surface area contributed by atoms with E-state index < -0.39 is 10.0 Å². The van der Waals surface area contributed by atoms with Crippen LogP contribution in [0.15, 0.2) is 47.4 Å². The Kier molecular flexibility index (Phi) is 4.88. The number of nitrogens with zero attached hydrogens (tertiary/aromatic N) is 1. The van der Waals surface area contributed by atoms with Gasteiger partial charge in [0.15, 0.2) is 0 Å². The zero-order valence-electron chi connectivity index (χ0n) is 15.1. The smallest absolute Gasteiger partial charge is 0.240 e. The first-order chi connectivity index (χ1) is 13.0. The second kappa shape index (κ2) is 7.32. The van der Waals surface area contributed by atoms with Crippen LogP contribution in [0.4, 0.5) is 11.4 Å². The third-order valence-corrected chi connectivity index (χ3v) is 6.56. The average molecular weight is 385 g/mol. The van der Waals surface area contributed by atoms with E-state index in [1.54, 1.807) is 12.1 Å². The van der Waals surface area contributed by atoms with Crippen LogP contribution in [-0.4, -0.2) is 27.4 Å². The van der Waals surface area contributed by atoms with Crippen molar-refractivity contribution in [3.63, 3.8) is 0 Å². The minimum Gasteiger partial charge on any atom is -0.372 e. The zero-order chi connectivity index (χ0) is 18.9. The quantitative estimate of drug-likeness (QED) is 0.829. The minimum atomic E-state index is -3.60. The van der Waals surface area contributed by atoms with Crippen LogP contribution in [0, 0.1) is 0 Å². The molecule has 6 nitrogen and oxygen atoms in total. The van der Waals surface area contributed by atoms with Crippen LogP contribution >= 0.6 is 0 Å². The molecule has 2 N–H and O–H groups in total. The predicted octanol–water partition coefficient (Wildman–Crippen LogP) is 2.65. The Balaban J connectivity index is 1.43. The number of hydrogen-bond donors (Lipinski definition) is 2. The van der Waals surface area contributed by atoms with Crippen molar-refractivity contribution in [2.45, 2.75) is 37.1 Å². The molecule has 0 saturated carbocycles. The van der Waals surface area contributed by atoms with Gasteiger partial charge in [-0.1, -0.05) is 12.1 Å². The standard InChI is InChI=1S/C20H23N3O3S/c24-20-10-5-16-13-18(8-9-19(16)22-20)27(25,26)21-14-15-3-6-17(7-4-15)23-11-1-2-12-23/h3-4,6-9,13,21H,1-2,5,10-12,14H2,(H,22,24). The van der Waals surface area contributed by atoms with Gasteiger partial charge >= 0.3 is 0 Å². The Morgan fingerprint density at radius 1 is 1.00 bits per heavy atom. The molecule has 1 amide bonds. The van der Waals surface area contributed by atoms with Gasteiger partial charge in [0.25, 0.3) is 0 Å². The maximum Gasteiger partial charge on any atom is 0.240 e. The summed E-state index contributed by atoms with van der Waals surface area (Å²) in [7, 11) is -3.60.